The molecule has 1 saturated heterocycles. The lowest BCUT2D eigenvalue weighted by molar-refractivity contribution is -0.143. The molecule has 1 fully saturated rings. The van der Waals surface area contributed by atoms with Gasteiger partial charge in [0.05, 0.1) is 37.6 Å². The van der Waals surface area contributed by atoms with Gasteiger partial charge in [-0.1, -0.05) is 0 Å². The number of nitrogens with zero attached hydrogens (tertiary/aromatic N) is 2. The van der Waals surface area contributed by atoms with E-state index in [1.165, 1.54) is 26.6 Å². The van der Waals surface area contributed by atoms with Crippen LogP contribution in [0.25, 0.3) is 0 Å². The summed E-state index contributed by atoms with van der Waals surface area (Å²) in [5, 5.41) is 11.9. The number of methoxy groups -OCH3 is 2. The Kier molecular flexibility index (Phi) is 8.05. The van der Waals surface area contributed by atoms with Crippen LogP contribution in [0.5, 0.6) is 11.5 Å². The quantitative estimate of drug-likeness (QED) is 0.507. The topological polar surface area (TPSA) is 110 Å². The van der Waals surface area contributed by atoms with Gasteiger partial charge in [-0.2, -0.15) is 26.3 Å². The number of aliphatic hydroxyl groups is 1. The highest BCUT2D eigenvalue weighted by molar-refractivity contribution is 5.93. The number of hydrogen-bond donors (Lipinski definition) is 2. The maximum Gasteiger partial charge on any atom is 0.419 e. The molecule has 15 heteroatoms. The van der Waals surface area contributed by atoms with E-state index in [1.807, 2.05) is 0 Å². The van der Waals surface area contributed by atoms with Crippen molar-refractivity contribution in [2.45, 2.75) is 37.5 Å². The molecule has 1 aromatic carbocycles. The van der Waals surface area contributed by atoms with Crippen molar-refractivity contribution in [1.82, 2.24) is 15.2 Å². The molecular formula is C22H21F6N3O6. The highest BCUT2D eigenvalue weighted by atomic mass is 19.4. The van der Waals surface area contributed by atoms with Crippen molar-refractivity contribution < 1.29 is 55.2 Å². The molecule has 0 bridgehead atoms. The largest absolute Gasteiger partial charge is 0.492 e. The Labute approximate surface area is 205 Å². The predicted molar refractivity (Wildman–Crippen MR) is 113 cm³/mol. The van der Waals surface area contributed by atoms with Crippen molar-refractivity contribution in [2.24, 2.45) is 0 Å². The van der Waals surface area contributed by atoms with E-state index >= 15 is 0 Å². The molecule has 3 rings (SSSR count). The Morgan fingerprint density at radius 2 is 1.70 bits per heavy atom. The molecule has 1 aliphatic heterocycles. The fraction of sp³-hybridized carbons (Fsp3) is 0.409. The molecule has 0 unspecified atom stereocenters. The van der Waals surface area contributed by atoms with Crippen LogP contribution < -0.4 is 14.8 Å². The minimum absolute atomic E-state index is 0.0681. The number of aliphatic hydroxyl groups excluding tert-OH is 1. The maximum absolute atomic E-state index is 13.3. The van der Waals surface area contributed by atoms with E-state index in [4.69, 9.17) is 14.2 Å². The number of nitrogens with one attached hydrogen (secondary N) is 1. The summed E-state index contributed by atoms with van der Waals surface area (Å²) in [6.45, 7) is -0.894. The fourth-order valence-electron chi connectivity index (χ4n) is 3.82. The summed E-state index contributed by atoms with van der Waals surface area (Å²) in [4.78, 5) is 29.8. The van der Waals surface area contributed by atoms with Gasteiger partial charge in [-0.05, 0) is 30.2 Å². The van der Waals surface area contributed by atoms with Crippen LogP contribution in [0, 0.1) is 0 Å². The maximum atomic E-state index is 13.3. The number of cyclic esters (lactones) is 1. The first kappa shape index (κ1) is 27.8. The lowest BCUT2D eigenvalue weighted by Crippen LogP contribution is -2.45. The SMILES string of the molecule is COc1cncc(CNC(=O)N2C(=O)O[C@H](c3cc(C(F)(F)F)cc(C(F)(F)F)c3)[C@@H]2CCO)c1OC. The molecule has 0 aliphatic carbocycles. The molecular weight excluding hydrogens is 516 g/mol. The summed E-state index contributed by atoms with van der Waals surface area (Å²) >= 11 is 0. The number of pyridine rings is 1. The van der Waals surface area contributed by atoms with E-state index in [0.29, 0.717) is 22.6 Å². The standard InChI is InChI=1S/C22H21F6N3O6/c1-35-16-10-29-8-12(18(16)36-2)9-30-19(33)31-15(3-4-32)17(37-20(31)34)11-5-13(21(23,24)25)7-14(6-11)22(26,27)28/h5-8,10,15,17,32H,3-4,9H2,1-2H3,(H,30,33)/t15-,17+/m0/s1. The van der Waals surface area contributed by atoms with Crippen molar-refractivity contribution in [1.29, 1.82) is 0 Å². The number of halogens is 6. The zero-order valence-electron chi connectivity index (χ0n) is 19.3. The van der Waals surface area contributed by atoms with Crippen molar-refractivity contribution >= 4 is 12.1 Å². The molecule has 37 heavy (non-hydrogen) atoms. The van der Waals surface area contributed by atoms with E-state index in [2.05, 4.69) is 10.3 Å². The average molecular weight is 537 g/mol. The van der Waals surface area contributed by atoms with Crippen molar-refractivity contribution in [3.05, 3.63) is 52.8 Å². The zero-order chi connectivity index (χ0) is 27.5. The molecule has 2 atom stereocenters. The predicted octanol–water partition coefficient (Wildman–Crippen LogP) is 4.29. The van der Waals surface area contributed by atoms with Crippen LogP contribution in [0.15, 0.2) is 30.6 Å². The monoisotopic (exact) mass is 537 g/mol. The van der Waals surface area contributed by atoms with Crippen LogP contribution in [0.4, 0.5) is 35.9 Å². The number of carbonyl (C=O) groups excluding carboxylic acids is 2. The summed E-state index contributed by atoms with van der Waals surface area (Å²) < 4.78 is 95.2. The van der Waals surface area contributed by atoms with Crippen molar-refractivity contribution in [2.75, 3.05) is 20.8 Å². The van der Waals surface area contributed by atoms with Crippen LogP contribution in [0.3, 0.4) is 0 Å². The number of imide groups is 1. The van der Waals surface area contributed by atoms with Gasteiger partial charge in [0.25, 0.3) is 0 Å². The van der Waals surface area contributed by atoms with Gasteiger partial charge in [-0.3, -0.25) is 4.98 Å². The van der Waals surface area contributed by atoms with E-state index in [1.54, 1.807) is 0 Å². The Balaban J connectivity index is 1.92. The van der Waals surface area contributed by atoms with Crippen LogP contribution in [-0.4, -0.2) is 54.0 Å². The second kappa shape index (κ2) is 10.7. The third kappa shape index (κ3) is 5.98. The minimum atomic E-state index is -5.13. The molecule has 2 aromatic rings. The summed E-state index contributed by atoms with van der Waals surface area (Å²) in [5.74, 6) is 0.480. The lowest BCUT2D eigenvalue weighted by Gasteiger charge is -2.24. The molecule has 1 aromatic heterocycles. The molecule has 0 spiro atoms. The van der Waals surface area contributed by atoms with Gasteiger partial charge in [0, 0.05) is 24.9 Å². The van der Waals surface area contributed by atoms with Crippen LogP contribution in [0.2, 0.25) is 0 Å². The number of rotatable bonds is 7. The smallest absolute Gasteiger partial charge is 0.419 e. The van der Waals surface area contributed by atoms with Crippen molar-refractivity contribution in [3.63, 3.8) is 0 Å². The molecule has 2 N–H and O–H groups in total. The van der Waals surface area contributed by atoms with Crippen LogP contribution in [0.1, 0.15) is 34.8 Å². The normalized spacial score (nSPS) is 18.0. The highest BCUT2D eigenvalue weighted by Crippen LogP contribution is 2.41. The van der Waals surface area contributed by atoms with Gasteiger partial charge in [0.1, 0.15) is 6.10 Å². The number of carbonyl (C=O) groups is 2. The van der Waals surface area contributed by atoms with Gasteiger partial charge in [-0.25, -0.2) is 14.5 Å². The molecule has 9 nitrogen and oxygen atoms in total. The third-order valence-corrected chi connectivity index (χ3v) is 5.48. The summed E-state index contributed by atoms with van der Waals surface area (Å²) in [6.07, 6.45) is -11.0. The number of aromatic nitrogens is 1. The van der Waals surface area contributed by atoms with E-state index in [0.717, 1.165) is 0 Å². The number of hydrogen-bond acceptors (Lipinski definition) is 7. The van der Waals surface area contributed by atoms with Gasteiger partial charge in [0.15, 0.2) is 11.5 Å². The third-order valence-electron chi connectivity index (χ3n) is 5.48. The fourth-order valence-corrected chi connectivity index (χ4v) is 3.82. The Morgan fingerprint density at radius 1 is 1.08 bits per heavy atom. The average Bonchev–Trinajstić information content (AvgIpc) is 3.16. The number of alkyl halides is 6. The van der Waals surface area contributed by atoms with Gasteiger partial charge in [0.2, 0.25) is 0 Å². The molecule has 202 valence electrons. The molecule has 2 heterocycles. The Bertz CT molecular complexity index is 1120. The van der Waals surface area contributed by atoms with Gasteiger partial charge >= 0.3 is 24.5 Å². The number of benzene rings is 1. The molecule has 1 aliphatic rings. The van der Waals surface area contributed by atoms with Crippen LogP contribution >= 0.6 is 0 Å². The first-order valence-electron chi connectivity index (χ1n) is 10.5. The molecule has 3 amide bonds. The van der Waals surface area contributed by atoms with E-state index < -0.39 is 59.9 Å². The summed E-state index contributed by atoms with van der Waals surface area (Å²) in [6, 6.07) is -1.73. The molecule has 0 saturated carbocycles. The summed E-state index contributed by atoms with van der Waals surface area (Å²) in [5.41, 5.74) is -3.53. The van der Waals surface area contributed by atoms with Gasteiger partial charge in [-0.15, -0.1) is 0 Å². The second-order valence-electron chi connectivity index (χ2n) is 7.79. The number of ether oxygens (including phenoxy) is 3. The highest BCUT2D eigenvalue weighted by Gasteiger charge is 2.47. The number of urea groups is 1. The van der Waals surface area contributed by atoms with E-state index in [9.17, 15) is 41.0 Å². The lowest BCUT2D eigenvalue weighted by atomic mass is 9.95. The zero-order valence-corrected chi connectivity index (χ0v) is 19.3. The molecule has 0 radical (unpaired) electrons. The Hall–Kier alpha value is -3.75. The second-order valence-corrected chi connectivity index (χ2v) is 7.79. The van der Waals surface area contributed by atoms with Gasteiger partial charge < -0.3 is 24.6 Å². The number of amides is 3. The minimum Gasteiger partial charge on any atom is -0.492 e. The first-order valence-corrected chi connectivity index (χ1v) is 10.5. The summed E-state index contributed by atoms with van der Waals surface area (Å²) in [7, 11) is 2.70. The van der Waals surface area contributed by atoms with E-state index in [-0.39, 0.29) is 30.5 Å². The van der Waals surface area contributed by atoms with Crippen molar-refractivity contribution in [3.8, 4) is 11.5 Å². The Morgan fingerprint density at radius 3 is 2.22 bits per heavy atom. The van der Waals surface area contributed by atoms with Crippen LogP contribution in [-0.2, 0) is 23.6 Å². The first-order chi connectivity index (χ1) is 17.3.